The Bertz CT molecular complexity index is 695. The molecule has 1 fully saturated rings. The van der Waals surface area contributed by atoms with E-state index in [2.05, 4.69) is 44.0 Å². The summed E-state index contributed by atoms with van der Waals surface area (Å²) in [5.74, 6) is -0.182. The lowest BCUT2D eigenvalue weighted by Gasteiger charge is -2.26. The van der Waals surface area contributed by atoms with Gasteiger partial charge in [-0.15, -0.1) is 0 Å². The topological polar surface area (TPSA) is 59.4 Å². The molecule has 1 N–H and O–H groups in total. The Labute approximate surface area is 148 Å². The van der Waals surface area contributed by atoms with Gasteiger partial charge in [0.25, 0.3) is 5.91 Å². The molecule has 0 saturated carbocycles. The van der Waals surface area contributed by atoms with Crippen molar-refractivity contribution in [2.75, 3.05) is 31.6 Å². The fourth-order valence-corrected chi connectivity index (χ4v) is 3.32. The van der Waals surface area contributed by atoms with Gasteiger partial charge in [0.15, 0.2) is 5.69 Å². The summed E-state index contributed by atoms with van der Waals surface area (Å²) in [6.07, 6.45) is 1.82. The van der Waals surface area contributed by atoms with Crippen molar-refractivity contribution >= 4 is 34.2 Å². The van der Waals surface area contributed by atoms with Crippen molar-refractivity contribution < 1.29 is 9.53 Å². The van der Waals surface area contributed by atoms with Crippen LogP contribution >= 0.6 is 22.6 Å². The first-order chi connectivity index (χ1) is 11.1. The molecule has 1 aromatic carbocycles. The highest BCUT2D eigenvalue weighted by molar-refractivity contribution is 14.1. The molecule has 0 unspecified atom stereocenters. The molecule has 1 saturated heterocycles. The molecule has 0 aliphatic carbocycles. The molecule has 0 radical (unpaired) electrons. The van der Waals surface area contributed by atoms with Crippen LogP contribution in [0.15, 0.2) is 30.5 Å². The second-order valence-corrected chi connectivity index (χ2v) is 6.70. The van der Waals surface area contributed by atoms with E-state index in [0.29, 0.717) is 5.69 Å². The summed E-state index contributed by atoms with van der Waals surface area (Å²) in [6.45, 7) is 4.34. The van der Waals surface area contributed by atoms with Crippen LogP contribution in [0.4, 0.5) is 5.69 Å². The number of hydrogen-bond acceptors (Lipinski definition) is 4. The van der Waals surface area contributed by atoms with Gasteiger partial charge in [-0.1, -0.05) is 12.1 Å². The average Bonchev–Trinajstić information content (AvgIpc) is 2.87. The van der Waals surface area contributed by atoms with Crippen molar-refractivity contribution in [1.82, 2.24) is 14.7 Å². The number of nitrogens with one attached hydrogen (secondary N) is 1. The minimum Gasteiger partial charge on any atom is -0.379 e. The Morgan fingerprint density at radius 1 is 1.39 bits per heavy atom. The predicted molar refractivity (Wildman–Crippen MR) is 96.4 cm³/mol. The number of anilines is 1. The van der Waals surface area contributed by atoms with Gasteiger partial charge in [0.1, 0.15) is 0 Å². The van der Waals surface area contributed by atoms with E-state index in [9.17, 15) is 4.79 Å². The molecule has 2 heterocycles. The molecule has 0 spiro atoms. The summed E-state index contributed by atoms with van der Waals surface area (Å²) >= 11 is 2.12. The van der Waals surface area contributed by atoms with Crippen LogP contribution in [-0.2, 0) is 18.3 Å². The molecular formula is C16H19IN4O2. The zero-order chi connectivity index (χ0) is 16.2. The van der Waals surface area contributed by atoms with E-state index in [1.165, 1.54) is 5.56 Å². The molecule has 1 aliphatic heterocycles. The first-order valence-electron chi connectivity index (χ1n) is 7.51. The first kappa shape index (κ1) is 16.4. The number of aromatic nitrogens is 2. The fraction of sp³-hybridized carbons (Fsp3) is 0.375. The SMILES string of the molecule is Cn1cc(I)c(C(=O)Nc2cccc(CN3CCOCC3)c2)n1. The van der Waals surface area contributed by atoms with E-state index < -0.39 is 0 Å². The Kier molecular flexibility index (Phi) is 5.29. The van der Waals surface area contributed by atoms with Gasteiger partial charge in [-0.2, -0.15) is 5.10 Å². The number of hydrogen-bond donors (Lipinski definition) is 1. The normalized spacial score (nSPS) is 15.6. The van der Waals surface area contributed by atoms with Crippen LogP contribution in [0.3, 0.4) is 0 Å². The van der Waals surface area contributed by atoms with E-state index in [0.717, 1.165) is 42.1 Å². The Balaban J connectivity index is 1.67. The smallest absolute Gasteiger partial charge is 0.277 e. The van der Waals surface area contributed by atoms with E-state index in [-0.39, 0.29) is 5.91 Å². The molecule has 0 bridgehead atoms. The van der Waals surface area contributed by atoms with Crippen LogP contribution in [0.2, 0.25) is 0 Å². The molecule has 2 aromatic rings. The number of ether oxygens (including phenoxy) is 1. The Hall–Kier alpha value is -1.45. The molecule has 7 heteroatoms. The van der Waals surface area contributed by atoms with Gasteiger partial charge in [-0.05, 0) is 40.3 Å². The minimum atomic E-state index is -0.182. The van der Waals surface area contributed by atoms with Crippen molar-refractivity contribution in [2.45, 2.75) is 6.54 Å². The number of rotatable bonds is 4. The van der Waals surface area contributed by atoms with Gasteiger partial charge >= 0.3 is 0 Å². The van der Waals surface area contributed by atoms with Gasteiger partial charge in [-0.3, -0.25) is 14.4 Å². The third kappa shape index (κ3) is 4.30. The summed E-state index contributed by atoms with van der Waals surface area (Å²) in [5, 5.41) is 7.12. The van der Waals surface area contributed by atoms with Gasteiger partial charge in [0.05, 0.1) is 16.8 Å². The minimum absolute atomic E-state index is 0.182. The summed E-state index contributed by atoms with van der Waals surface area (Å²) in [7, 11) is 1.81. The number of halogens is 1. The van der Waals surface area contributed by atoms with E-state index in [1.54, 1.807) is 4.68 Å². The molecule has 1 aromatic heterocycles. The van der Waals surface area contributed by atoms with Gasteiger partial charge in [0.2, 0.25) is 0 Å². The number of nitrogens with zero attached hydrogens (tertiary/aromatic N) is 3. The molecule has 6 nitrogen and oxygen atoms in total. The molecule has 122 valence electrons. The number of aryl methyl sites for hydroxylation is 1. The number of carbonyl (C=O) groups excluding carboxylic acids is 1. The monoisotopic (exact) mass is 426 g/mol. The van der Waals surface area contributed by atoms with Crippen molar-refractivity contribution in [2.24, 2.45) is 7.05 Å². The highest BCUT2D eigenvalue weighted by Crippen LogP contribution is 2.16. The highest BCUT2D eigenvalue weighted by atomic mass is 127. The van der Waals surface area contributed by atoms with E-state index in [4.69, 9.17) is 4.74 Å². The maximum atomic E-state index is 12.3. The van der Waals surface area contributed by atoms with Crippen molar-refractivity contribution in [3.63, 3.8) is 0 Å². The number of amides is 1. The zero-order valence-corrected chi connectivity index (χ0v) is 15.1. The van der Waals surface area contributed by atoms with Crippen LogP contribution in [0, 0.1) is 3.57 Å². The first-order valence-corrected chi connectivity index (χ1v) is 8.59. The van der Waals surface area contributed by atoms with Gasteiger partial charge < -0.3 is 10.1 Å². The molecule has 23 heavy (non-hydrogen) atoms. The third-order valence-electron chi connectivity index (χ3n) is 3.69. The summed E-state index contributed by atoms with van der Waals surface area (Å²) < 4.78 is 7.85. The number of benzene rings is 1. The lowest BCUT2D eigenvalue weighted by Crippen LogP contribution is -2.35. The maximum Gasteiger partial charge on any atom is 0.277 e. The average molecular weight is 426 g/mol. The quantitative estimate of drug-likeness (QED) is 0.762. The Morgan fingerprint density at radius 3 is 2.87 bits per heavy atom. The third-order valence-corrected chi connectivity index (χ3v) is 4.48. The Morgan fingerprint density at radius 2 is 2.17 bits per heavy atom. The van der Waals surface area contributed by atoms with Crippen molar-refractivity contribution in [3.05, 3.63) is 45.3 Å². The molecule has 0 atom stereocenters. The predicted octanol–water partition coefficient (Wildman–Crippen LogP) is 2.11. The molecule has 1 amide bonds. The van der Waals surface area contributed by atoms with E-state index in [1.807, 2.05) is 31.4 Å². The second kappa shape index (κ2) is 7.41. The highest BCUT2D eigenvalue weighted by Gasteiger charge is 2.15. The summed E-state index contributed by atoms with van der Waals surface area (Å²) in [4.78, 5) is 14.7. The zero-order valence-electron chi connectivity index (χ0n) is 13.0. The van der Waals surface area contributed by atoms with Crippen LogP contribution in [-0.4, -0.2) is 46.9 Å². The van der Waals surface area contributed by atoms with Gasteiger partial charge in [-0.25, -0.2) is 0 Å². The fourth-order valence-electron chi connectivity index (χ4n) is 2.57. The maximum absolute atomic E-state index is 12.3. The number of carbonyl (C=O) groups is 1. The molecule has 1 aliphatic rings. The summed E-state index contributed by atoms with van der Waals surface area (Å²) in [5.41, 5.74) is 2.43. The lowest BCUT2D eigenvalue weighted by atomic mass is 10.1. The standard InChI is InChI=1S/C16H19IN4O2/c1-20-11-14(17)15(19-20)16(22)18-13-4-2-3-12(9-13)10-21-5-7-23-8-6-21/h2-4,9,11H,5-8,10H2,1H3,(H,18,22). The van der Waals surface area contributed by atoms with E-state index >= 15 is 0 Å². The lowest BCUT2D eigenvalue weighted by molar-refractivity contribution is 0.0342. The van der Waals surface area contributed by atoms with Crippen LogP contribution in [0.25, 0.3) is 0 Å². The molecular weight excluding hydrogens is 407 g/mol. The summed E-state index contributed by atoms with van der Waals surface area (Å²) in [6, 6.07) is 7.96. The van der Waals surface area contributed by atoms with Crippen LogP contribution < -0.4 is 5.32 Å². The van der Waals surface area contributed by atoms with Crippen LogP contribution in [0.5, 0.6) is 0 Å². The van der Waals surface area contributed by atoms with Crippen LogP contribution in [0.1, 0.15) is 16.1 Å². The number of morpholine rings is 1. The van der Waals surface area contributed by atoms with Crippen molar-refractivity contribution in [1.29, 1.82) is 0 Å². The largest absolute Gasteiger partial charge is 0.379 e. The van der Waals surface area contributed by atoms with Crippen molar-refractivity contribution in [3.8, 4) is 0 Å². The molecule has 3 rings (SSSR count). The second-order valence-electron chi connectivity index (χ2n) is 5.54. The van der Waals surface area contributed by atoms with Gasteiger partial charge in [0, 0.05) is 38.6 Å².